The van der Waals surface area contributed by atoms with Crippen LogP contribution < -0.4 is 0 Å². The summed E-state index contributed by atoms with van der Waals surface area (Å²) in [5.41, 5.74) is -3.47. The number of hydrogen-bond donors (Lipinski definition) is 1. The second kappa shape index (κ2) is 2.70. The molecule has 0 saturated carbocycles. The Morgan fingerprint density at radius 1 is 1.56 bits per heavy atom. The van der Waals surface area contributed by atoms with Crippen molar-refractivity contribution < 1.29 is 18.0 Å². The minimum Gasteiger partial charge on any atom is -0.429 e. The van der Waals surface area contributed by atoms with Gasteiger partial charge in [0.1, 0.15) is 0 Å². The molecule has 0 rings (SSSR count). The van der Waals surface area contributed by atoms with Crippen LogP contribution in [0.2, 0.25) is 6.55 Å². The number of hydrogen-bond acceptors (Lipinski definition) is 1. The third kappa shape index (κ3) is 1.98. The summed E-state index contributed by atoms with van der Waals surface area (Å²) in [6, 6.07) is 0. The Labute approximate surface area is 53.2 Å². The van der Waals surface area contributed by atoms with Gasteiger partial charge in [0.15, 0.2) is 6.17 Å². The summed E-state index contributed by atoms with van der Waals surface area (Å²) in [4.78, 5) is 8.40. The summed E-state index contributed by atoms with van der Waals surface area (Å²) in [7, 11) is -3.15. The summed E-state index contributed by atoms with van der Waals surface area (Å²) >= 11 is 0. The molecule has 0 radical (unpaired) electrons. The minimum absolute atomic E-state index is 0.750. The molecule has 0 aliphatic rings. The van der Waals surface area contributed by atoms with Crippen molar-refractivity contribution in [2.24, 2.45) is 0 Å². The van der Waals surface area contributed by atoms with Gasteiger partial charge in [-0.25, -0.2) is 13.2 Å². The lowest BCUT2D eigenvalue weighted by Crippen LogP contribution is -2.42. The van der Waals surface area contributed by atoms with Crippen molar-refractivity contribution in [1.29, 1.82) is 0 Å². The van der Waals surface area contributed by atoms with Gasteiger partial charge in [0, 0.05) is 0 Å². The van der Waals surface area contributed by atoms with Gasteiger partial charge >= 0.3 is 0 Å². The van der Waals surface area contributed by atoms with Crippen molar-refractivity contribution >= 4 is 9.04 Å². The normalized spacial score (nSPS) is 19.3. The Morgan fingerprint density at radius 2 is 1.89 bits per heavy atom. The van der Waals surface area contributed by atoms with Gasteiger partial charge in [-0.3, -0.25) is 0 Å². The van der Waals surface area contributed by atoms with E-state index in [4.69, 9.17) is 4.80 Å². The predicted octanol–water partition coefficient (Wildman–Crippen LogP) is 0.865. The summed E-state index contributed by atoms with van der Waals surface area (Å²) in [6.45, 7) is 1.75. The molecule has 0 amide bonds. The van der Waals surface area contributed by atoms with E-state index in [1.54, 1.807) is 0 Å². The molecule has 0 spiro atoms. The van der Waals surface area contributed by atoms with E-state index in [1.807, 2.05) is 0 Å². The van der Waals surface area contributed by atoms with Crippen molar-refractivity contribution in [1.82, 2.24) is 0 Å². The lowest BCUT2D eigenvalue weighted by atomic mass is 10.5. The highest BCUT2D eigenvalue weighted by Gasteiger charge is 2.43. The van der Waals surface area contributed by atoms with Crippen molar-refractivity contribution in [3.8, 4) is 0 Å². The molecule has 56 valence electrons. The minimum atomic E-state index is -3.47. The van der Waals surface area contributed by atoms with Crippen LogP contribution in [0.5, 0.6) is 0 Å². The van der Waals surface area contributed by atoms with E-state index in [2.05, 4.69) is 0 Å². The first-order chi connectivity index (χ1) is 3.89. The molecule has 5 heteroatoms. The van der Waals surface area contributed by atoms with Crippen LogP contribution in [0.1, 0.15) is 6.92 Å². The average Bonchev–Trinajstić information content (AvgIpc) is 1.65. The van der Waals surface area contributed by atoms with Gasteiger partial charge in [-0.1, -0.05) is 0 Å². The smallest absolute Gasteiger partial charge is 0.283 e. The summed E-state index contributed by atoms with van der Waals surface area (Å²) in [5.74, 6) is 0. The van der Waals surface area contributed by atoms with E-state index < -0.39 is 20.8 Å². The summed E-state index contributed by atoms with van der Waals surface area (Å²) < 4.78 is 36.1. The maximum Gasteiger partial charge on any atom is 0.283 e. The van der Waals surface area contributed by atoms with Crippen LogP contribution in [0.15, 0.2) is 0 Å². The molecule has 0 heterocycles. The molecular weight excluding hydrogens is 149 g/mol. The molecule has 2 atom stereocenters. The largest absolute Gasteiger partial charge is 0.429 e. The maximum atomic E-state index is 12.1. The first-order valence-electron chi connectivity index (χ1n) is 2.59. The molecular formula is C4H9F3OSi. The number of halogens is 3. The molecule has 0 aliphatic carbocycles. The van der Waals surface area contributed by atoms with Crippen molar-refractivity contribution in [2.75, 3.05) is 0 Å². The first-order valence-corrected chi connectivity index (χ1v) is 4.83. The Bertz CT molecular complexity index is 83.8. The van der Waals surface area contributed by atoms with Gasteiger partial charge < -0.3 is 4.80 Å². The molecule has 9 heavy (non-hydrogen) atoms. The van der Waals surface area contributed by atoms with Crippen molar-refractivity contribution in [3.05, 3.63) is 0 Å². The Balaban J connectivity index is 4.01. The molecule has 0 bridgehead atoms. The van der Waals surface area contributed by atoms with E-state index in [0.717, 1.165) is 13.5 Å². The molecule has 1 nitrogen and oxygen atoms in total. The zero-order chi connectivity index (χ0) is 7.65. The highest BCUT2D eigenvalue weighted by molar-refractivity contribution is 6.51. The molecule has 0 fully saturated rings. The Kier molecular flexibility index (Phi) is 2.69. The van der Waals surface area contributed by atoms with Crippen LogP contribution in [0.4, 0.5) is 13.2 Å². The lowest BCUT2D eigenvalue weighted by Gasteiger charge is -2.18. The monoisotopic (exact) mass is 158 g/mol. The van der Waals surface area contributed by atoms with Crippen LogP contribution >= 0.6 is 0 Å². The quantitative estimate of drug-likeness (QED) is 0.591. The fourth-order valence-electron chi connectivity index (χ4n) is 0.332. The maximum absolute atomic E-state index is 12.1. The molecule has 0 aromatic rings. The van der Waals surface area contributed by atoms with Crippen LogP contribution in [-0.4, -0.2) is 25.6 Å². The Hall–Kier alpha value is -0.0331. The topological polar surface area (TPSA) is 20.2 Å². The first kappa shape index (κ1) is 8.97. The number of alkyl halides is 3. The molecule has 0 aromatic heterocycles. The second-order valence-electron chi connectivity index (χ2n) is 1.97. The van der Waals surface area contributed by atoms with Crippen LogP contribution in [-0.2, 0) is 0 Å². The SMILES string of the molecule is CC(F)C(F)(F)[SiH](C)O. The van der Waals surface area contributed by atoms with Crippen LogP contribution in [0.25, 0.3) is 0 Å². The number of rotatable bonds is 2. The molecule has 0 saturated heterocycles. The lowest BCUT2D eigenvalue weighted by molar-refractivity contribution is -0.00277. The molecule has 0 aliphatic heterocycles. The van der Waals surface area contributed by atoms with Gasteiger partial charge in [-0.2, -0.15) is 0 Å². The molecule has 1 N–H and O–H groups in total. The zero-order valence-corrected chi connectivity index (χ0v) is 6.39. The summed E-state index contributed by atoms with van der Waals surface area (Å²) in [5, 5.41) is 0. The predicted molar refractivity (Wildman–Crippen MR) is 30.7 cm³/mol. The standard InChI is InChI=1S/C4H9F3OSi/c1-3(5)4(6,7)9(2)8/h3,8-9H,1-2H3. The fraction of sp³-hybridized carbons (Fsp3) is 1.00. The highest BCUT2D eigenvalue weighted by atomic mass is 28.3. The van der Waals surface area contributed by atoms with Gasteiger partial charge in [-0.15, -0.1) is 0 Å². The van der Waals surface area contributed by atoms with E-state index >= 15 is 0 Å². The van der Waals surface area contributed by atoms with E-state index in [0.29, 0.717) is 0 Å². The fourth-order valence-corrected chi connectivity index (χ4v) is 0.997. The van der Waals surface area contributed by atoms with Crippen molar-refractivity contribution in [2.45, 2.75) is 25.2 Å². The highest BCUT2D eigenvalue weighted by Crippen LogP contribution is 2.22. The van der Waals surface area contributed by atoms with Crippen LogP contribution in [0.3, 0.4) is 0 Å². The van der Waals surface area contributed by atoms with Crippen LogP contribution in [0, 0.1) is 0 Å². The van der Waals surface area contributed by atoms with Gasteiger partial charge in [0.25, 0.3) is 14.6 Å². The average molecular weight is 158 g/mol. The van der Waals surface area contributed by atoms with E-state index in [9.17, 15) is 13.2 Å². The third-order valence-corrected chi connectivity index (χ3v) is 2.66. The third-order valence-electron chi connectivity index (χ3n) is 1.09. The second-order valence-corrected chi connectivity index (χ2v) is 4.09. The van der Waals surface area contributed by atoms with Gasteiger partial charge in [0.05, 0.1) is 0 Å². The molecule has 0 aromatic carbocycles. The van der Waals surface area contributed by atoms with E-state index in [1.165, 1.54) is 0 Å². The van der Waals surface area contributed by atoms with Crippen molar-refractivity contribution in [3.63, 3.8) is 0 Å². The van der Waals surface area contributed by atoms with Gasteiger partial charge in [0.2, 0.25) is 0 Å². The summed E-state index contributed by atoms with van der Waals surface area (Å²) in [6.07, 6.45) is -2.23. The molecule has 2 unspecified atom stereocenters. The Morgan fingerprint density at radius 3 is 1.89 bits per heavy atom. The van der Waals surface area contributed by atoms with Gasteiger partial charge in [-0.05, 0) is 13.5 Å². The van der Waals surface area contributed by atoms with E-state index in [-0.39, 0.29) is 0 Å². The zero-order valence-electron chi connectivity index (χ0n) is 5.24.